The predicted octanol–water partition coefficient (Wildman–Crippen LogP) is 5.23. The fraction of sp³-hybridized carbons (Fsp3) is 0.286. The Balaban J connectivity index is 2.18. The molecule has 0 radical (unpaired) electrons. The topological polar surface area (TPSA) is 27.1 Å². The Morgan fingerprint density at radius 1 is 1.08 bits per heavy atom. The second kappa shape index (κ2) is 5.82. The van der Waals surface area contributed by atoms with Crippen molar-refractivity contribution in [3.05, 3.63) is 48.0 Å². The highest BCUT2D eigenvalue weighted by Gasteiger charge is 2.16. The van der Waals surface area contributed by atoms with E-state index in [4.69, 9.17) is 9.72 Å². The van der Waals surface area contributed by atoms with Crippen LogP contribution in [0.1, 0.15) is 25.3 Å². The second-order valence-electron chi connectivity index (χ2n) is 6.35. The van der Waals surface area contributed by atoms with Crippen LogP contribution in [0, 0.1) is 0 Å². The Hall–Kier alpha value is -2.55. The molecule has 0 N–H and O–H groups in total. The fourth-order valence-electron chi connectivity index (χ4n) is 3.65. The van der Waals surface area contributed by atoms with Gasteiger partial charge in [0, 0.05) is 23.2 Å². The molecule has 0 amide bonds. The summed E-state index contributed by atoms with van der Waals surface area (Å²) in [6, 6.07) is 14.8. The number of unbranched alkanes of at least 4 members (excludes halogenated alkanes) is 1. The van der Waals surface area contributed by atoms with Crippen LogP contribution in [0.25, 0.3) is 32.8 Å². The molecule has 0 unspecified atom stereocenters. The van der Waals surface area contributed by atoms with E-state index in [1.165, 1.54) is 40.1 Å². The number of para-hydroxylation sites is 1. The largest absolute Gasteiger partial charge is 0.497 e. The third-order valence-electron chi connectivity index (χ3n) is 4.91. The number of fused-ring (bicyclic) bond motifs is 4. The van der Waals surface area contributed by atoms with Crippen LogP contribution in [0.2, 0.25) is 0 Å². The van der Waals surface area contributed by atoms with E-state index in [1.807, 2.05) is 6.07 Å². The van der Waals surface area contributed by atoms with Crippen molar-refractivity contribution < 1.29 is 4.74 Å². The number of aryl methyl sites for hydroxylation is 2. The molecule has 2 aromatic carbocycles. The van der Waals surface area contributed by atoms with Gasteiger partial charge in [-0.25, -0.2) is 4.98 Å². The number of pyridine rings is 1. The first-order valence-corrected chi connectivity index (χ1v) is 8.58. The molecule has 0 atom stereocenters. The Kier molecular flexibility index (Phi) is 3.64. The van der Waals surface area contributed by atoms with Crippen molar-refractivity contribution in [1.29, 1.82) is 0 Å². The fourth-order valence-corrected chi connectivity index (χ4v) is 3.65. The average Bonchev–Trinajstić information content (AvgIpc) is 2.91. The molecule has 4 rings (SSSR count). The van der Waals surface area contributed by atoms with Gasteiger partial charge in [0.15, 0.2) is 0 Å². The van der Waals surface area contributed by atoms with E-state index in [9.17, 15) is 0 Å². The molecule has 24 heavy (non-hydrogen) atoms. The van der Waals surface area contributed by atoms with Crippen LogP contribution in [0.15, 0.2) is 42.5 Å². The van der Waals surface area contributed by atoms with Gasteiger partial charge in [-0.05, 0) is 42.7 Å². The number of aromatic nitrogens is 2. The molecule has 2 heterocycles. The summed E-state index contributed by atoms with van der Waals surface area (Å²) in [6.07, 6.45) is 3.42. The summed E-state index contributed by atoms with van der Waals surface area (Å²) in [6.45, 7) is 2.24. The molecule has 0 spiro atoms. The molecular formula is C21H22N2O. The van der Waals surface area contributed by atoms with Gasteiger partial charge in [-0.3, -0.25) is 0 Å². The SMILES string of the molecule is CCCCc1c2cc(OC)ccc2nc2c1c1ccccc1n2C. The van der Waals surface area contributed by atoms with Crippen LogP contribution in [0.4, 0.5) is 0 Å². The van der Waals surface area contributed by atoms with Crippen molar-refractivity contribution in [3.8, 4) is 5.75 Å². The number of methoxy groups -OCH3 is 1. The molecule has 0 aliphatic heterocycles. The highest BCUT2D eigenvalue weighted by atomic mass is 16.5. The van der Waals surface area contributed by atoms with Gasteiger partial charge in [0.1, 0.15) is 11.4 Å². The average molecular weight is 318 g/mol. The van der Waals surface area contributed by atoms with Crippen molar-refractivity contribution in [3.63, 3.8) is 0 Å². The minimum absolute atomic E-state index is 0.890. The molecule has 0 bridgehead atoms. The Bertz CT molecular complexity index is 1050. The zero-order valence-corrected chi connectivity index (χ0v) is 14.5. The van der Waals surface area contributed by atoms with Gasteiger partial charge in [0.2, 0.25) is 0 Å². The van der Waals surface area contributed by atoms with E-state index in [1.54, 1.807) is 7.11 Å². The summed E-state index contributed by atoms with van der Waals surface area (Å²) in [4.78, 5) is 4.97. The molecule has 0 aliphatic rings. The van der Waals surface area contributed by atoms with E-state index in [0.29, 0.717) is 0 Å². The third-order valence-corrected chi connectivity index (χ3v) is 4.91. The Morgan fingerprint density at radius 3 is 2.71 bits per heavy atom. The molecule has 0 saturated heterocycles. The highest BCUT2D eigenvalue weighted by molar-refractivity contribution is 6.12. The zero-order chi connectivity index (χ0) is 16.7. The summed E-state index contributed by atoms with van der Waals surface area (Å²) in [7, 11) is 3.83. The van der Waals surface area contributed by atoms with Gasteiger partial charge in [0.25, 0.3) is 0 Å². The van der Waals surface area contributed by atoms with Gasteiger partial charge >= 0.3 is 0 Å². The summed E-state index contributed by atoms with van der Waals surface area (Å²) < 4.78 is 7.67. The second-order valence-corrected chi connectivity index (χ2v) is 6.35. The van der Waals surface area contributed by atoms with Crippen molar-refractivity contribution in [2.75, 3.05) is 7.11 Å². The van der Waals surface area contributed by atoms with Gasteiger partial charge in [-0.1, -0.05) is 31.5 Å². The van der Waals surface area contributed by atoms with Crippen LogP contribution in [0.5, 0.6) is 5.75 Å². The highest BCUT2D eigenvalue weighted by Crippen LogP contribution is 2.35. The van der Waals surface area contributed by atoms with E-state index in [2.05, 4.69) is 54.9 Å². The number of ether oxygens (including phenoxy) is 1. The molecule has 3 nitrogen and oxygen atoms in total. The summed E-state index contributed by atoms with van der Waals surface area (Å²) in [5.74, 6) is 0.890. The number of nitrogens with zero attached hydrogens (tertiary/aromatic N) is 2. The van der Waals surface area contributed by atoms with Gasteiger partial charge in [-0.2, -0.15) is 0 Å². The molecule has 3 heteroatoms. The number of hydrogen-bond acceptors (Lipinski definition) is 2. The quantitative estimate of drug-likeness (QED) is 0.515. The lowest BCUT2D eigenvalue weighted by Crippen LogP contribution is -1.96. The molecular weight excluding hydrogens is 296 g/mol. The number of rotatable bonds is 4. The lowest BCUT2D eigenvalue weighted by Gasteiger charge is -2.10. The van der Waals surface area contributed by atoms with Crippen LogP contribution in [-0.2, 0) is 13.5 Å². The van der Waals surface area contributed by atoms with Crippen molar-refractivity contribution in [2.45, 2.75) is 26.2 Å². The van der Waals surface area contributed by atoms with Crippen molar-refractivity contribution >= 4 is 32.8 Å². The van der Waals surface area contributed by atoms with Crippen LogP contribution < -0.4 is 4.74 Å². The zero-order valence-electron chi connectivity index (χ0n) is 14.5. The molecule has 4 aromatic rings. The maximum absolute atomic E-state index is 5.45. The molecule has 0 fully saturated rings. The lowest BCUT2D eigenvalue weighted by molar-refractivity contribution is 0.415. The van der Waals surface area contributed by atoms with Gasteiger partial charge in [-0.15, -0.1) is 0 Å². The van der Waals surface area contributed by atoms with E-state index in [-0.39, 0.29) is 0 Å². The lowest BCUT2D eigenvalue weighted by atomic mass is 9.98. The van der Waals surface area contributed by atoms with Crippen LogP contribution >= 0.6 is 0 Å². The predicted molar refractivity (Wildman–Crippen MR) is 101 cm³/mol. The van der Waals surface area contributed by atoms with E-state index < -0.39 is 0 Å². The molecule has 122 valence electrons. The van der Waals surface area contributed by atoms with Crippen LogP contribution in [0.3, 0.4) is 0 Å². The molecule has 0 saturated carbocycles. The van der Waals surface area contributed by atoms with Crippen molar-refractivity contribution in [1.82, 2.24) is 9.55 Å². The maximum atomic E-state index is 5.45. The van der Waals surface area contributed by atoms with Gasteiger partial charge < -0.3 is 9.30 Å². The molecule has 2 aromatic heterocycles. The summed E-state index contributed by atoms with van der Waals surface area (Å²) in [5, 5.41) is 3.80. The Labute approximate surface area is 141 Å². The van der Waals surface area contributed by atoms with E-state index >= 15 is 0 Å². The summed E-state index contributed by atoms with van der Waals surface area (Å²) in [5.41, 5.74) is 4.74. The normalized spacial score (nSPS) is 11.6. The third kappa shape index (κ3) is 2.15. The van der Waals surface area contributed by atoms with Crippen molar-refractivity contribution in [2.24, 2.45) is 7.05 Å². The standard InChI is InChI=1S/C21H22N2O/c1-4-5-8-15-17-13-14(24-3)11-12-18(17)22-21-20(15)16-9-6-7-10-19(16)23(21)2/h6-7,9-13H,4-5,8H2,1-3H3. The van der Waals surface area contributed by atoms with E-state index in [0.717, 1.165) is 23.3 Å². The van der Waals surface area contributed by atoms with Gasteiger partial charge in [0.05, 0.1) is 18.1 Å². The maximum Gasteiger partial charge on any atom is 0.141 e. The minimum atomic E-state index is 0.890. The first-order valence-electron chi connectivity index (χ1n) is 8.58. The monoisotopic (exact) mass is 318 g/mol. The Morgan fingerprint density at radius 2 is 1.92 bits per heavy atom. The smallest absolute Gasteiger partial charge is 0.141 e. The molecule has 0 aliphatic carbocycles. The van der Waals surface area contributed by atoms with Crippen LogP contribution in [-0.4, -0.2) is 16.7 Å². The first-order chi connectivity index (χ1) is 11.7. The number of hydrogen-bond donors (Lipinski definition) is 0. The first kappa shape index (κ1) is 15.0. The summed E-state index contributed by atoms with van der Waals surface area (Å²) >= 11 is 0. The number of benzene rings is 2. The minimum Gasteiger partial charge on any atom is -0.497 e.